The van der Waals surface area contributed by atoms with Crippen LogP contribution in [0.5, 0.6) is 5.75 Å². The average molecular weight is 424 g/mol. The molecule has 1 aromatic heterocycles. The molecule has 2 N–H and O–H groups in total. The lowest BCUT2D eigenvalue weighted by molar-refractivity contribution is -0.115. The van der Waals surface area contributed by atoms with E-state index in [-0.39, 0.29) is 17.1 Å². The second kappa shape index (κ2) is 8.56. The van der Waals surface area contributed by atoms with Gasteiger partial charge in [0.05, 0.1) is 34.0 Å². The first-order chi connectivity index (χ1) is 13.0. The summed E-state index contributed by atoms with van der Waals surface area (Å²) in [7, 11) is 0. The molecule has 9 heteroatoms. The maximum atomic E-state index is 12.1. The predicted molar refractivity (Wildman–Crippen MR) is 108 cm³/mol. The molecule has 0 saturated heterocycles. The first kappa shape index (κ1) is 19.4. The molecular weight excluding hydrogens is 409 g/mol. The van der Waals surface area contributed by atoms with Crippen LogP contribution in [-0.4, -0.2) is 29.9 Å². The summed E-state index contributed by atoms with van der Waals surface area (Å²) in [5.74, 6) is -0.103. The molecule has 140 valence electrons. The van der Waals surface area contributed by atoms with Gasteiger partial charge in [0.1, 0.15) is 5.75 Å². The minimum absolute atomic E-state index is 0.210. The second-order valence-corrected chi connectivity index (χ2v) is 7.31. The van der Waals surface area contributed by atoms with Crippen LogP contribution >= 0.6 is 34.5 Å². The van der Waals surface area contributed by atoms with Crippen molar-refractivity contribution in [2.24, 2.45) is 0 Å². The van der Waals surface area contributed by atoms with E-state index in [1.54, 1.807) is 6.07 Å². The van der Waals surface area contributed by atoms with Crippen molar-refractivity contribution >= 4 is 61.7 Å². The Morgan fingerprint density at radius 1 is 1.19 bits per heavy atom. The Balaban J connectivity index is 1.60. The average Bonchev–Trinajstić information content (AvgIpc) is 3.01. The van der Waals surface area contributed by atoms with E-state index in [2.05, 4.69) is 15.6 Å². The van der Waals surface area contributed by atoms with Gasteiger partial charge in [-0.15, -0.1) is 0 Å². The zero-order valence-electron chi connectivity index (χ0n) is 14.2. The number of nitrogens with zero attached hydrogens (tertiary/aromatic N) is 1. The smallest absolute Gasteiger partial charge is 0.253 e. The van der Waals surface area contributed by atoms with Crippen LogP contribution in [0.1, 0.15) is 17.3 Å². The van der Waals surface area contributed by atoms with Gasteiger partial charge in [-0.3, -0.25) is 9.59 Å². The monoisotopic (exact) mass is 423 g/mol. The molecule has 0 radical (unpaired) electrons. The van der Waals surface area contributed by atoms with E-state index in [4.69, 9.17) is 27.9 Å². The summed E-state index contributed by atoms with van der Waals surface area (Å²) in [4.78, 5) is 28.6. The number of amides is 2. The maximum Gasteiger partial charge on any atom is 0.253 e. The van der Waals surface area contributed by atoms with Crippen molar-refractivity contribution in [1.29, 1.82) is 0 Å². The van der Waals surface area contributed by atoms with Crippen LogP contribution in [0.15, 0.2) is 36.4 Å². The molecule has 0 aliphatic carbocycles. The first-order valence-corrected chi connectivity index (χ1v) is 9.60. The zero-order valence-corrected chi connectivity index (χ0v) is 16.5. The Kier molecular flexibility index (Phi) is 6.15. The van der Waals surface area contributed by atoms with E-state index in [0.29, 0.717) is 16.8 Å². The fraction of sp³-hybridized carbons (Fsp3) is 0.167. The zero-order chi connectivity index (χ0) is 19.4. The quantitative estimate of drug-likeness (QED) is 0.616. The fourth-order valence-corrected chi connectivity index (χ4v) is 3.71. The fourth-order valence-electron chi connectivity index (χ4n) is 2.31. The number of aromatic nitrogens is 1. The third-order valence-electron chi connectivity index (χ3n) is 3.50. The van der Waals surface area contributed by atoms with Crippen LogP contribution in [0, 0.1) is 0 Å². The molecule has 0 unspecified atom stereocenters. The van der Waals surface area contributed by atoms with Gasteiger partial charge in [-0.25, -0.2) is 4.98 Å². The predicted octanol–water partition coefficient (Wildman–Crippen LogP) is 4.37. The Bertz CT molecular complexity index is 1010. The van der Waals surface area contributed by atoms with Crippen molar-refractivity contribution in [3.63, 3.8) is 0 Å². The highest BCUT2D eigenvalue weighted by atomic mass is 35.5. The van der Waals surface area contributed by atoms with Crippen molar-refractivity contribution in [3.8, 4) is 5.75 Å². The van der Waals surface area contributed by atoms with Crippen molar-refractivity contribution in [2.75, 3.05) is 18.5 Å². The number of halogens is 2. The van der Waals surface area contributed by atoms with Crippen LogP contribution in [-0.2, 0) is 4.79 Å². The Labute approximate surface area is 169 Å². The van der Waals surface area contributed by atoms with Gasteiger partial charge in [0.15, 0.2) is 5.13 Å². The van der Waals surface area contributed by atoms with Crippen molar-refractivity contribution < 1.29 is 14.3 Å². The largest absolute Gasteiger partial charge is 0.494 e. The van der Waals surface area contributed by atoms with Gasteiger partial charge < -0.3 is 15.4 Å². The van der Waals surface area contributed by atoms with E-state index < -0.39 is 11.8 Å². The molecule has 0 atom stereocenters. The number of ether oxygens (including phenoxy) is 1. The van der Waals surface area contributed by atoms with Gasteiger partial charge in [-0.2, -0.15) is 0 Å². The molecule has 0 aliphatic rings. The normalized spacial score (nSPS) is 10.6. The third kappa shape index (κ3) is 4.88. The first-order valence-electron chi connectivity index (χ1n) is 8.02. The van der Waals surface area contributed by atoms with Crippen molar-refractivity contribution in [2.45, 2.75) is 6.92 Å². The second-order valence-electron chi connectivity index (χ2n) is 5.44. The van der Waals surface area contributed by atoms with Crippen LogP contribution in [0.25, 0.3) is 10.2 Å². The summed E-state index contributed by atoms with van der Waals surface area (Å²) in [6.07, 6.45) is 0. The van der Waals surface area contributed by atoms with Gasteiger partial charge in [0.25, 0.3) is 5.91 Å². The highest BCUT2D eigenvalue weighted by Crippen LogP contribution is 2.29. The lowest BCUT2D eigenvalue weighted by Gasteiger charge is -2.06. The summed E-state index contributed by atoms with van der Waals surface area (Å²) >= 11 is 13.1. The standard InChI is InChI=1S/C18H15Cl2N3O3S/c1-2-26-11-4-6-14-15(8-11)27-18(22-14)23-16(24)9-21-17(25)12-5-3-10(19)7-13(12)20/h3-8H,2,9H2,1H3,(H,21,25)(H,22,23,24). The van der Waals surface area contributed by atoms with Crippen LogP contribution in [0.2, 0.25) is 10.0 Å². The minimum Gasteiger partial charge on any atom is -0.494 e. The van der Waals surface area contributed by atoms with E-state index in [1.807, 2.05) is 25.1 Å². The number of rotatable bonds is 6. The van der Waals surface area contributed by atoms with Gasteiger partial charge in [-0.05, 0) is 43.3 Å². The van der Waals surface area contributed by atoms with E-state index in [9.17, 15) is 9.59 Å². The summed E-state index contributed by atoms with van der Waals surface area (Å²) in [6, 6.07) is 10.1. The number of hydrogen-bond donors (Lipinski definition) is 2. The molecule has 2 amide bonds. The van der Waals surface area contributed by atoms with E-state index in [0.717, 1.165) is 16.0 Å². The summed E-state index contributed by atoms with van der Waals surface area (Å²) in [5, 5.41) is 6.28. The summed E-state index contributed by atoms with van der Waals surface area (Å²) < 4.78 is 6.35. The lowest BCUT2D eigenvalue weighted by Crippen LogP contribution is -2.32. The SMILES string of the molecule is CCOc1ccc2nc(NC(=O)CNC(=O)c3ccc(Cl)cc3Cl)sc2c1. The molecule has 27 heavy (non-hydrogen) atoms. The Morgan fingerprint density at radius 2 is 2.00 bits per heavy atom. The number of carbonyl (C=O) groups is 2. The molecule has 0 bridgehead atoms. The molecular formula is C18H15Cl2N3O3S. The highest BCUT2D eigenvalue weighted by Gasteiger charge is 2.13. The molecule has 1 heterocycles. The molecule has 0 aliphatic heterocycles. The summed E-state index contributed by atoms with van der Waals surface area (Å²) in [6.45, 7) is 2.27. The van der Waals surface area contributed by atoms with E-state index in [1.165, 1.54) is 23.5 Å². The number of anilines is 1. The van der Waals surface area contributed by atoms with Crippen molar-refractivity contribution in [1.82, 2.24) is 10.3 Å². The van der Waals surface area contributed by atoms with Crippen LogP contribution < -0.4 is 15.4 Å². The highest BCUT2D eigenvalue weighted by molar-refractivity contribution is 7.22. The molecule has 6 nitrogen and oxygen atoms in total. The van der Waals surface area contributed by atoms with Crippen LogP contribution in [0.3, 0.4) is 0 Å². The number of nitrogens with one attached hydrogen (secondary N) is 2. The minimum atomic E-state index is -0.461. The molecule has 2 aromatic carbocycles. The van der Waals surface area contributed by atoms with Gasteiger partial charge in [-0.1, -0.05) is 34.5 Å². The van der Waals surface area contributed by atoms with Crippen LogP contribution in [0.4, 0.5) is 5.13 Å². The van der Waals surface area contributed by atoms with Gasteiger partial charge in [0, 0.05) is 5.02 Å². The van der Waals surface area contributed by atoms with Gasteiger partial charge >= 0.3 is 0 Å². The molecule has 3 rings (SSSR count). The maximum absolute atomic E-state index is 12.1. The number of thiazole rings is 1. The number of fused-ring (bicyclic) bond motifs is 1. The Morgan fingerprint density at radius 3 is 2.74 bits per heavy atom. The third-order valence-corrected chi connectivity index (χ3v) is 4.98. The lowest BCUT2D eigenvalue weighted by atomic mass is 10.2. The molecule has 0 spiro atoms. The molecule has 0 saturated carbocycles. The number of benzene rings is 2. The Hall–Kier alpha value is -2.35. The van der Waals surface area contributed by atoms with Crippen molar-refractivity contribution in [3.05, 3.63) is 52.0 Å². The summed E-state index contributed by atoms with van der Waals surface area (Å²) in [5.41, 5.74) is 1.01. The van der Waals surface area contributed by atoms with Gasteiger partial charge in [0.2, 0.25) is 5.91 Å². The number of carbonyl (C=O) groups excluding carboxylic acids is 2. The van der Waals surface area contributed by atoms with E-state index >= 15 is 0 Å². The molecule has 3 aromatic rings. The topological polar surface area (TPSA) is 80.3 Å². The molecule has 0 fully saturated rings. The number of hydrogen-bond acceptors (Lipinski definition) is 5.